The molecule has 0 saturated carbocycles. The van der Waals surface area contributed by atoms with Crippen molar-refractivity contribution in [1.29, 1.82) is 0 Å². The van der Waals surface area contributed by atoms with Crippen LogP contribution in [0.1, 0.15) is 66.8 Å². The zero-order valence-electron chi connectivity index (χ0n) is 26.0. The third kappa shape index (κ3) is 12.0. The molecule has 44 heavy (non-hydrogen) atoms. The predicted molar refractivity (Wildman–Crippen MR) is 162 cm³/mol. The number of carbonyl (C=O) groups excluding carboxylic acids is 5. The summed E-state index contributed by atoms with van der Waals surface area (Å²) < 4.78 is 10.5. The van der Waals surface area contributed by atoms with Crippen LogP contribution >= 0.6 is 12.0 Å². The number of benzene rings is 2. The van der Waals surface area contributed by atoms with Gasteiger partial charge < -0.3 is 15.2 Å². The number of hydrogen-bond acceptors (Lipinski definition) is 8. The molecular weight excluding hydrogens is 595 g/mol. The van der Waals surface area contributed by atoms with Crippen molar-refractivity contribution in [2.75, 3.05) is 18.8 Å². The summed E-state index contributed by atoms with van der Waals surface area (Å²) in [5.74, 6) is -4.40. The van der Waals surface area contributed by atoms with E-state index in [0.29, 0.717) is 37.2 Å². The Bertz CT molecular complexity index is 1210. The van der Waals surface area contributed by atoms with Crippen molar-refractivity contribution >= 4 is 41.6 Å². The molecule has 0 aliphatic carbocycles. The van der Waals surface area contributed by atoms with Gasteiger partial charge in [0.2, 0.25) is 17.7 Å². The maximum atomic E-state index is 13.3. The van der Waals surface area contributed by atoms with E-state index in [9.17, 15) is 33.7 Å². The molecule has 234 valence electrons. The van der Waals surface area contributed by atoms with Crippen molar-refractivity contribution in [3.05, 3.63) is 71.3 Å². The Morgan fingerprint density at radius 1 is 0.864 bits per heavy atom. The van der Waals surface area contributed by atoms with Crippen molar-refractivity contribution in [2.45, 2.75) is 53.0 Å². The number of imide groups is 1. The Morgan fingerprint density at radius 3 is 1.93 bits per heavy atom. The fourth-order valence-corrected chi connectivity index (χ4v) is 4.64. The van der Waals surface area contributed by atoms with Crippen molar-refractivity contribution < 1.29 is 63.3 Å². The molecule has 0 fully saturated rings. The van der Waals surface area contributed by atoms with Gasteiger partial charge in [0, 0.05) is 25.4 Å². The number of amides is 5. The number of hydroxylamine groups is 1. The van der Waals surface area contributed by atoms with E-state index in [-0.39, 0.29) is 47.1 Å². The van der Waals surface area contributed by atoms with E-state index in [4.69, 9.17) is 0 Å². The van der Waals surface area contributed by atoms with E-state index in [2.05, 4.69) is 31.4 Å². The summed E-state index contributed by atoms with van der Waals surface area (Å²) in [7, 11) is 0. The van der Waals surface area contributed by atoms with Crippen LogP contribution in [0, 0.1) is 17.8 Å². The minimum absolute atomic E-state index is 0. The summed E-state index contributed by atoms with van der Waals surface area (Å²) in [5.41, 5.74) is 2.69. The van der Waals surface area contributed by atoms with Crippen LogP contribution in [0.3, 0.4) is 0 Å². The minimum Gasteiger partial charge on any atom is -0.799 e. The average molecular weight is 637 g/mol. The van der Waals surface area contributed by atoms with Gasteiger partial charge in [0.05, 0.1) is 17.0 Å². The van der Waals surface area contributed by atoms with E-state index in [1.807, 2.05) is 18.2 Å². The summed E-state index contributed by atoms with van der Waals surface area (Å²) in [6.45, 7) is 7.80. The monoisotopic (exact) mass is 636 g/mol. The fraction of sp³-hybridized carbons (Fsp3) is 0.452. The number of rotatable bonds is 14. The molecule has 4 N–H and O–H groups in total. The van der Waals surface area contributed by atoms with Crippen molar-refractivity contribution in [3.8, 4) is 0 Å². The van der Waals surface area contributed by atoms with E-state index < -0.39 is 54.0 Å². The first kappa shape index (κ1) is 39.3. The second-order valence-electron chi connectivity index (χ2n) is 10.9. The number of fused-ring (bicyclic) bond motifs is 1. The molecule has 2 aromatic carbocycles. The molecule has 13 heteroatoms. The van der Waals surface area contributed by atoms with Crippen LogP contribution in [0.25, 0.3) is 0 Å². The summed E-state index contributed by atoms with van der Waals surface area (Å²) in [6, 6.07) is 14.3. The van der Waals surface area contributed by atoms with Crippen LogP contribution in [-0.4, -0.2) is 69.1 Å². The molecule has 0 spiro atoms. The van der Waals surface area contributed by atoms with E-state index >= 15 is 0 Å². The summed E-state index contributed by atoms with van der Waals surface area (Å²) in [5, 5.41) is 14.8. The molecule has 3 rings (SSSR count). The fourth-order valence-electron chi connectivity index (χ4n) is 4.32. The Labute approximate surface area is 285 Å². The van der Waals surface area contributed by atoms with Crippen LogP contribution in [-0.2, 0) is 20.8 Å². The molecule has 3 atom stereocenters. The first-order valence-electron chi connectivity index (χ1n) is 14.3. The second-order valence-corrected chi connectivity index (χ2v) is 11.6. The molecule has 1 heterocycles. The second kappa shape index (κ2) is 20.3. The molecule has 2 aromatic rings. The van der Waals surface area contributed by atoms with Gasteiger partial charge in [-0.1, -0.05) is 70.2 Å². The number of nitrogens with one attached hydrogen (secondary N) is 3. The predicted octanol–water partition coefficient (Wildman–Crippen LogP) is 0.194. The number of unbranched alkanes of at least 4 members (excludes halogenated alkanes) is 1. The van der Waals surface area contributed by atoms with Gasteiger partial charge in [-0.25, -0.2) is 5.48 Å². The third-order valence-electron chi connectivity index (χ3n) is 6.59. The van der Waals surface area contributed by atoms with Crippen LogP contribution in [0.5, 0.6) is 0 Å². The van der Waals surface area contributed by atoms with Gasteiger partial charge in [-0.2, -0.15) is 0 Å². The van der Waals surface area contributed by atoms with Crippen molar-refractivity contribution in [1.82, 2.24) is 21.0 Å². The molecule has 0 saturated heterocycles. The Hall–Kier alpha value is -2.74. The van der Waals surface area contributed by atoms with Gasteiger partial charge in [-0.15, -0.1) is 0 Å². The quantitative estimate of drug-likeness (QED) is 0.0570. The molecule has 11 nitrogen and oxygen atoms in total. The van der Waals surface area contributed by atoms with Gasteiger partial charge in [0.25, 0.3) is 11.8 Å². The van der Waals surface area contributed by atoms with E-state index in [0.717, 1.165) is 16.4 Å². The average Bonchev–Trinajstić information content (AvgIpc) is 3.23. The van der Waals surface area contributed by atoms with Crippen LogP contribution in [0.15, 0.2) is 54.6 Å². The normalized spacial score (nSPS) is 13.9. The van der Waals surface area contributed by atoms with E-state index in [1.54, 1.807) is 24.3 Å². The van der Waals surface area contributed by atoms with Gasteiger partial charge >= 0.3 is 29.6 Å². The van der Waals surface area contributed by atoms with Gasteiger partial charge in [-0.05, 0) is 42.2 Å². The summed E-state index contributed by atoms with van der Waals surface area (Å²) in [6.07, 6.45) is 1.41. The molecule has 0 aromatic heterocycles. The zero-order chi connectivity index (χ0) is 31.9. The zero-order valence-corrected chi connectivity index (χ0v) is 28.8. The summed E-state index contributed by atoms with van der Waals surface area (Å²) >= 11 is 0.479. The number of hydrogen-bond donors (Lipinski definition) is 4. The largest absolute Gasteiger partial charge is 1.00 e. The van der Waals surface area contributed by atoms with Crippen LogP contribution < -0.4 is 45.7 Å². The first-order chi connectivity index (χ1) is 20.5. The van der Waals surface area contributed by atoms with Gasteiger partial charge in [0.1, 0.15) is 6.04 Å². The summed E-state index contributed by atoms with van der Waals surface area (Å²) in [4.78, 5) is 65.4. The molecule has 2 unspecified atom stereocenters. The molecule has 0 radical (unpaired) electrons. The van der Waals surface area contributed by atoms with Crippen LogP contribution in [0.2, 0.25) is 0 Å². The topological polar surface area (TPSA) is 168 Å². The van der Waals surface area contributed by atoms with Gasteiger partial charge in [-0.3, -0.25) is 46.1 Å². The molecule has 1 aliphatic rings. The maximum absolute atomic E-state index is 13.3. The molecular formula is C31H41N4NaO7S. The van der Waals surface area contributed by atoms with Crippen LogP contribution in [0.4, 0.5) is 0 Å². The number of carbonyl (C=O) groups is 5. The molecule has 0 bridgehead atoms. The van der Waals surface area contributed by atoms with E-state index in [1.165, 1.54) is 24.5 Å². The Morgan fingerprint density at radius 2 is 1.41 bits per heavy atom. The van der Waals surface area contributed by atoms with Crippen molar-refractivity contribution in [3.63, 3.8) is 0 Å². The maximum Gasteiger partial charge on any atom is 1.00 e. The molecule has 1 aliphatic heterocycles. The van der Waals surface area contributed by atoms with Crippen molar-refractivity contribution in [2.24, 2.45) is 17.8 Å². The first-order valence-corrected chi connectivity index (χ1v) is 15.2. The Balaban J connectivity index is 0.00000182. The standard InChI is InChI=1S/C27H32N4O7S.C4H10.Na/c1-17(21(24(33)30-37)16-31-26(35)19-11-5-6-12-20(19)27(31)36)23(32)29-22(15-18-9-3-2-4-10-18)25(34)28-13-7-8-14-39-38;1-4(2)3;/h2-6,9-12,17,21-22,37-38H,7-8,13-16H2,1H3,(H,28,34)(H,29,32)(H,30,33);4H,1-3H3;/q;;+1/p-1/t17?,21?,22-;;/m0../s1. The Kier molecular flexibility index (Phi) is 18.1. The molecule has 5 amide bonds. The SMILES string of the molecule is CC(C(=O)N[C@@H](Cc1ccccc1)C(=O)NCCCCS[O-])C(CN1C(=O)c2ccccc2C1=O)C(=O)NO.CC(C)C.[Na+]. The minimum atomic E-state index is -1.29. The number of nitrogens with zero attached hydrogens (tertiary/aromatic N) is 1. The third-order valence-corrected chi connectivity index (χ3v) is 7.05. The van der Waals surface area contributed by atoms with Gasteiger partial charge in [0.15, 0.2) is 0 Å². The smallest absolute Gasteiger partial charge is 0.799 e.